The lowest BCUT2D eigenvalue weighted by atomic mass is 9.88. The molecule has 0 unspecified atom stereocenters. The lowest BCUT2D eigenvalue weighted by Gasteiger charge is -2.29. The number of benzene rings is 1. The Labute approximate surface area is 148 Å². The highest BCUT2D eigenvalue weighted by Crippen LogP contribution is 2.31. The number of hydrogen-bond acceptors (Lipinski definition) is 2. The third kappa shape index (κ3) is 3.84. The number of aryl methyl sites for hydroxylation is 2. The fraction of sp³-hybridized carbons (Fsp3) is 0.429. The Morgan fingerprint density at radius 2 is 1.80 bits per heavy atom. The number of aromatic nitrogens is 1. The smallest absolute Gasteiger partial charge is 0.261 e. The topological polar surface area (TPSA) is 62.0 Å². The number of carbonyl (C=O) groups is 1. The van der Waals surface area contributed by atoms with Crippen molar-refractivity contribution in [2.45, 2.75) is 52.5 Å². The predicted octanol–water partition coefficient (Wildman–Crippen LogP) is 3.31. The molecule has 0 saturated carbocycles. The lowest BCUT2D eigenvalue weighted by Crippen LogP contribution is -2.46. The monoisotopic (exact) mass is 338 g/mol. The minimum atomic E-state index is -0.366. The summed E-state index contributed by atoms with van der Waals surface area (Å²) in [6.07, 6.45) is 3.00. The van der Waals surface area contributed by atoms with E-state index in [2.05, 4.69) is 34.6 Å². The molecule has 132 valence electrons. The van der Waals surface area contributed by atoms with E-state index in [9.17, 15) is 9.59 Å². The van der Waals surface area contributed by atoms with Gasteiger partial charge in [0.1, 0.15) is 5.56 Å². The number of fused-ring (bicyclic) bond motifs is 1. The summed E-state index contributed by atoms with van der Waals surface area (Å²) in [5.41, 5.74) is 4.03. The predicted molar refractivity (Wildman–Crippen MR) is 100 cm³/mol. The van der Waals surface area contributed by atoms with Gasteiger partial charge in [-0.3, -0.25) is 9.59 Å². The standard InChI is InChI=1S/C21H26N2O2/c1-13-9-18(19(24)22-14(13)2)20(25)23-21(3,4)12-15-10-16-7-5-6-8-17(16)11-15/h5-9,15H,10-12H2,1-4H3,(H,22,24)(H,23,25). The molecule has 0 atom stereocenters. The van der Waals surface area contributed by atoms with Crippen LogP contribution < -0.4 is 10.9 Å². The third-order valence-electron chi connectivity index (χ3n) is 5.13. The Bertz CT molecular complexity index is 839. The Hall–Kier alpha value is -2.36. The van der Waals surface area contributed by atoms with Crippen molar-refractivity contribution in [3.63, 3.8) is 0 Å². The van der Waals surface area contributed by atoms with E-state index in [-0.39, 0.29) is 22.6 Å². The van der Waals surface area contributed by atoms with Gasteiger partial charge in [0.05, 0.1) is 0 Å². The number of carbonyl (C=O) groups excluding carboxylic acids is 1. The highest BCUT2D eigenvalue weighted by molar-refractivity contribution is 5.94. The highest BCUT2D eigenvalue weighted by Gasteiger charge is 2.30. The molecule has 1 aromatic heterocycles. The molecular formula is C21H26N2O2. The summed E-state index contributed by atoms with van der Waals surface area (Å²) in [7, 11) is 0. The fourth-order valence-corrected chi connectivity index (χ4v) is 3.84. The molecule has 0 aliphatic heterocycles. The molecule has 0 radical (unpaired) electrons. The highest BCUT2D eigenvalue weighted by atomic mass is 16.2. The second kappa shape index (κ2) is 6.51. The summed E-state index contributed by atoms with van der Waals surface area (Å²) in [6.45, 7) is 7.79. The third-order valence-corrected chi connectivity index (χ3v) is 5.13. The van der Waals surface area contributed by atoms with E-state index >= 15 is 0 Å². The first-order chi connectivity index (χ1) is 11.7. The molecule has 4 heteroatoms. The molecule has 1 amide bonds. The van der Waals surface area contributed by atoms with E-state index in [1.54, 1.807) is 6.07 Å². The Kier molecular flexibility index (Phi) is 4.55. The molecule has 2 N–H and O–H groups in total. The number of rotatable bonds is 4. The van der Waals surface area contributed by atoms with Crippen molar-refractivity contribution >= 4 is 5.91 Å². The van der Waals surface area contributed by atoms with Crippen LogP contribution in [0.4, 0.5) is 0 Å². The van der Waals surface area contributed by atoms with E-state index in [0.717, 1.165) is 30.5 Å². The molecule has 1 aliphatic rings. The zero-order valence-corrected chi connectivity index (χ0v) is 15.4. The Balaban J connectivity index is 1.69. The summed E-state index contributed by atoms with van der Waals surface area (Å²) in [6, 6.07) is 10.2. The summed E-state index contributed by atoms with van der Waals surface area (Å²) in [4.78, 5) is 27.4. The van der Waals surface area contributed by atoms with E-state index in [1.165, 1.54) is 11.1 Å². The van der Waals surface area contributed by atoms with Crippen LogP contribution in [0.2, 0.25) is 0 Å². The van der Waals surface area contributed by atoms with Gasteiger partial charge in [-0.1, -0.05) is 24.3 Å². The van der Waals surface area contributed by atoms with Crippen LogP contribution in [0.5, 0.6) is 0 Å². The van der Waals surface area contributed by atoms with Crippen molar-refractivity contribution in [1.82, 2.24) is 10.3 Å². The molecule has 3 rings (SSSR count). The summed E-state index contributed by atoms with van der Waals surface area (Å²) >= 11 is 0. The summed E-state index contributed by atoms with van der Waals surface area (Å²) in [5, 5.41) is 3.05. The van der Waals surface area contributed by atoms with Crippen molar-refractivity contribution in [3.8, 4) is 0 Å². The summed E-state index contributed by atoms with van der Waals surface area (Å²) in [5.74, 6) is 0.218. The van der Waals surface area contributed by atoms with E-state index in [4.69, 9.17) is 0 Å². The van der Waals surface area contributed by atoms with Gasteiger partial charge in [0.2, 0.25) is 0 Å². The van der Waals surface area contributed by atoms with Crippen LogP contribution in [0.15, 0.2) is 35.1 Å². The van der Waals surface area contributed by atoms with Crippen molar-refractivity contribution in [2.24, 2.45) is 5.92 Å². The quantitative estimate of drug-likeness (QED) is 0.898. The maximum Gasteiger partial charge on any atom is 0.261 e. The van der Waals surface area contributed by atoms with Gasteiger partial charge in [0, 0.05) is 11.2 Å². The van der Waals surface area contributed by atoms with Crippen LogP contribution in [-0.4, -0.2) is 16.4 Å². The normalized spacial score (nSPS) is 14.4. The largest absolute Gasteiger partial charge is 0.347 e. The van der Waals surface area contributed by atoms with E-state index in [1.807, 2.05) is 27.7 Å². The van der Waals surface area contributed by atoms with Gasteiger partial charge in [0.15, 0.2) is 0 Å². The van der Waals surface area contributed by atoms with Crippen molar-refractivity contribution in [2.75, 3.05) is 0 Å². The average Bonchev–Trinajstić information content (AvgIpc) is 2.91. The molecule has 0 bridgehead atoms. The Morgan fingerprint density at radius 3 is 2.40 bits per heavy atom. The molecule has 4 nitrogen and oxygen atoms in total. The molecule has 0 saturated heterocycles. The van der Waals surface area contributed by atoms with Gasteiger partial charge in [0.25, 0.3) is 11.5 Å². The van der Waals surface area contributed by atoms with Gasteiger partial charge in [-0.05, 0) is 75.6 Å². The van der Waals surface area contributed by atoms with Crippen LogP contribution in [0.25, 0.3) is 0 Å². The Morgan fingerprint density at radius 1 is 1.20 bits per heavy atom. The number of H-pyrrole nitrogens is 1. The zero-order valence-electron chi connectivity index (χ0n) is 15.4. The molecule has 1 aliphatic carbocycles. The van der Waals surface area contributed by atoms with Crippen molar-refractivity contribution in [1.29, 1.82) is 0 Å². The minimum Gasteiger partial charge on any atom is -0.347 e. The van der Waals surface area contributed by atoms with Crippen molar-refractivity contribution < 1.29 is 4.79 Å². The molecule has 1 aromatic carbocycles. The number of nitrogens with one attached hydrogen (secondary N) is 2. The van der Waals surface area contributed by atoms with Crippen LogP contribution in [0.3, 0.4) is 0 Å². The molecular weight excluding hydrogens is 312 g/mol. The molecule has 0 spiro atoms. The van der Waals surface area contributed by atoms with Crippen LogP contribution in [0.1, 0.15) is 53.0 Å². The van der Waals surface area contributed by atoms with Gasteiger partial charge in [-0.25, -0.2) is 0 Å². The average molecular weight is 338 g/mol. The SMILES string of the molecule is Cc1cc(C(=O)NC(C)(C)CC2Cc3ccccc3C2)c(=O)[nH]c1C. The molecule has 1 heterocycles. The van der Waals surface area contributed by atoms with Crippen molar-refractivity contribution in [3.05, 3.63) is 68.6 Å². The van der Waals surface area contributed by atoms with Gasteiger partial charge >= 0.3 is 0 Å². The number of aromatic amines is 1. The first-order valence-corrected chi connectivity index (χ1v) is 8.85. The van der Waals surface area contributed by atoms with Gasteiger partial charge < -0.3 is 10.3 Å². The molecule has 25 heavy (non-hydrogen) atoms. The van der Waals surface area contributed by atoms with Crippen LogP contribution >= 0.6 is 0 Å². The van der Waals surface area contributed by atoms with Crippen LogP contribution in [0, 0.1) is 19.8 Å². The maximum atomic E-state index is 12.6. The summed E-state index contributed by atoms with van der Waals surface area (Å²) < 4.78 is 0. The lowest BCUT2D eigenvalue weighted by molar-refractivity contribution is 0.0900. The van der Waals surface area contributed by atoms with Gasteiger partial charge in [-0.15, -0.1) is 0 Å². The first kappa shape index (κ1) is 17.5. The van der Waals surface area contributed by atoms with E-state index in [0.29, 0.717) is 5.92 Å². The second-order valence-electron chi connectivity index (χ2n) is 7.91. The van der Waals surface area contributed by atoms with E-state index < -0.39 is 0 Å². The fourth-order valence-electron chi connectivity index (χ4n) is 3.84. The second-order valence-corrected chi connectivity index (χ2v) is 7.91. The van der Waals surface area contributed by atoms with Gasteiger partial charge in [-0.2, -0.15) is 0 Å². The first-order valence-electron chi connectivity index (χ1n) is 8.85. The maximum absolute atomic E-state index is 12.6. The number of amides is 1. The number of hydrogen-bond donors (Lipinski definition) is 2. The minimum absolute atomic E-state index is 0.186. The molecule has 2 aromatic rings. The number of pyridine rings is 1. The van der Waals surface area contributed by atoms with Crippen LogP contribution in [-0.2, 0) is 12.8 Å². The molecule has 0 fully saturated rings. The zero-order chi connectivity index (χ0) is 18.2.